The summed E-state index contributed by atoms with van der Waals surface area (Å²) in [5, 5.41) is 10.4. The van der Waals surface area contributed by atoms with Crippen molar-refractivity contribution in [2.75, 3.05) is 6.61 Å². The summed E-state index contributed by atoms with van der Waals surface area (Å²) in [6.07, 6.45) is 5.75. The SMILES string of the molecule is C=CCOc1ccc(C(=O)C2(O)CCCCC2)cc1. The number of hydrogen-bond donors (Lipinski definition) is 1. The van der Waals surface area contributed by atoms with Crippen LogP contribution in [0.3, 0.4) is 0 Å². The second kappa shape index (κ2) is 6.02. The Labute approximate surface area is 113 Å². The van der Waals surface area contributed by atoms with Crippen molar-refractivity contribution in [2.24, 2.45) is 0 Å². The maximum Gasteiger partial charge on any atom is 0.194 e. The van der Waals surface area contributed by atoms with E-state index >= 15 is 0 Å². The van der Waals surface area contributed by atoms with E-state index in [9.17, 15) is 9.90 Å². The van der Waals surface area contributed by atoms with Crippen molar-refractivity contribution in [3.8, 4) is 5.75 Å². The molecule has 0 saturated heterocycles. The van der Waals surface area contributed by atoms with Gasteiger partial charge in [0.05, 0.1) is 0 Å². The van der Waals surface area contributed by atoms with Crippen molar-refractivity contribution in [3.05, 3.63) is 42.5 Å². The van der Waals surface area contributed by atoms with E-state index in [1.165, 1.54) is 0 Å². The van der Waals surface area contributed by atoms with Crippen molar-refractivity contribution in [3.63, 3.8) is 0 Å². The van der Waals surface area contributed by atoms with Gasteiger partial charge in [-0.2, -0.15) is 0 Å². The summed E-state index contributed by atoms with van der Waals surface area (Å²) in [5.74, 6) is 0.537. The number of benzene rings is 1. The van der Waals surface area contributed by atoms with Gasteiger partial charge in [-0.15, -0.1) is 0 Å². The summed E-state index contributed by atoms with van der Waals surface area (Å²) in [6, 6.07) is 6.94. The summed E-state index contributed by atoms with van der Waals surface area (Å²) >= 11 is 0. The number of carbonyl (C=O) groups is 1. The van der Waals surface area contributed by atoms with Crippen molar-refractivity contribution in [1.82, 2.24) is 0 Å². The Kier molecular flexibility index (Phi) is 4.38. The molecule has 2 rings (SSSR count). The molecule has 0 atom stereocenters. The molecule has 1 aromatic rings. The fraction of sp³-hybridized carbons (Fsp3) is 0.438. The van der Waals surface area contributed by atoms with E-state index in [4.69, 9.17) is 4.74 Å². The first-order chi connectivity index (χ1) is 9.15. The number of carbonyl (C=O) groups excluding carboxylic acids is 1. The van der Waals surface area contributed by atoms with Crippen LogP contribution in [0.1, 0.15) is 42.5 Å². The molecule has 3 nitrogen and oxygen atoms in total. The minimum Gasteiger partial charge on any atom is -0.490 e. The zero-order valence-corrected chi connectivity index (χ0v) is 11.1. The first-order valence-electron chi connectivity index (χ1n) is 6.77. The van der Waals surface area contributed by atoms with Crippen LogP contribution in [0, 0.1) is 0 Å². The van der Waals surface area contributed by atoms with E-state index in [2.05, 4.69) is 6.58 Å². The Hall–Kier alpha value is -1.61. The van der Waals surface area contributed by atoms with Gasteiger partial charge in [0, 0.05) is 5.56 Å². The molecule has 1 fully saturated rings. The molecule has 0 spiro atoms. The van der Waals surface area contributed by atoms with Gasteiger partial charge < -0.3 is 9.84 Å². The van der Waals surface area contributed by atoms with E-state index < -0.39 is 5.60 Å². The second-order valence-electron chi connectivity index (χ2n) is 5.05. The third-order valence-corrected chi connectivity index (χ3v) is 3.59. The average Bonchev–Trinajstić information content (AvgIpc) is 2.46. The maximum absolute atomic E-state index is 12.3. The first kappa shape index (κ1) is 13.8. The second-order valence-corrected chi connectivity index (χ2v) is 5.05. The van der Waals surface area contributed by atoms with Gasteiger partial charge in [-0.25, -0.2) is 0 Å². The zero-order chi connectivity index (χ0) is 13.7. The van der Waals surface area contributed by atoms with Crippen molar-refractivity contribution in [2.45, 2.75) is 37.7 Å². The number of ether oxygens (including phenoxy) is 1. The Morgan fingerprint density at radius 1 is 1.26 bits per heavy atom. The van der Waals surface area contributed by atoms with Crippen LogP contribution in [0.4, 0.5) is 0 Å². The minimum atomic E-state index is -1.16. The number of hydrogen-bond acceptors (Lipinski definition) is 3. The van der Waals surface area contributed by atoms with E-state index in [-0.39, 0.29) is 5.78 Å². The molecule has 0 aliphatic heterocycles. The topological polar surface area (TPSA) is 46.5 Å². The quantitative estimate of drug-likeness (QED) is 0.653. The van der Waals surface area contributed by atoms with Crippen LogP contribution < -0.4 is 4.74 Å². The molecule has 0 amide bonds. The molecular formula is C16H20O3. The molecule has 1 aromatic carbocycles. The first-order valence-corrected chi connectivity index (χ1v) is 6.77. The lowest BCUT2D eigenvalue weighted by Crippen LogP contribution is -2.40. The number of aliphatic hydroxyl groups is 1. The van der Waals surface area contributed by atoms with Gasteiger partial charge in [-0.3, -0.25) is 4.79 Å². The van der Waals surface area contributed by atoms with Crippen LogP contribution in [-0.2, 0) is 0 Å². The Morgan fingerprint density at radius 3 is 2.47 bits per heavy atom. The monoisotopic (exact) mass is 260 g/mol. The Bertz CT molecular complexity index is 442. The zero-order valence-electron chi connectivity index (χ0n) is 11.1. The highest BCUT2D eigenvalue weighted by molar-refractivity contribution is 6.02. The minimum absolute atomic E-state index is 0.164. The molecular weight excluding hydrogens is 240 g/mol. The van der Waals surface area contributed by atoms with E-state index in [1.807, 2.05) is 0 Å². The average molecular weight is 260 g/mol. The van der Waals surface area contributed by atoms with Crippen molar-refractivity contribution in [1.29, 1.82) is 0 Å². The fourth-order valence-corrected chi connectivity index (χ4v) is 2.49. The number of ketones is 1. The normalized spacial score (nSPS) is 17.7. The van der Waals surface area contributed by atoms with Gasteiger partial charge in [0.25, 0.3) is 0 Å². The third-order valence-electron chi connectivity index (χ3n) is 3.59. The molecule has 0 heterocycles. The molecule has 0 aromatic heterocycles. The van der Waals surface area contributed by atoms with Crippen LogP contribution in [0.15, 0.2) is 36.9 Å². The van der Waals surface area contributed by atoms with E-state index in [1.54, 1.807) is 30.3 Å². The smallest absolute Gasteiger partial charge is 0.194 e. The highest BCUT2D eigenvalue weighted by Gasteiger charge is 2.37. The summed E-state index contributed by atoms with van der Waals surface area (Å²) in [5.41, 5.74) is -0.614. The van der Waals surface area contributed by atoms with Crippen molar-refractivity contribution >= 4 is 5.78 Å². The molecule has 0 unspecified atom stereocenters. The van der Waals surface area contributed by atoms with Crippen LogP contribution in [0.5, 0.6) is 5.75 Å². The summed E-state index contributed by atoms with van der Waals surface area (Å²) in [7, 11) is 0. The molecule has 0 bridgehead atoms. The third kappa shape index (κ3) is 3.24. The Balaban J connectivity index is 2.08. The van der Waals surface area contributed by atoms with E-state index in [0.717, 1.165) is 19.3 Å². The summed E-state index contributed by atoms with van der Waals surface area (Å²) in [4.78, 5) is 12.3. The van der Waals surface area contributed by atoms with Gasteiger partial charge in [0.15, 0.2) is 5.78 Å². The van der Waals surface area contributed by atoms with Gasteiger partial charge in [0.2, 0.25) is 0 Å². The van der Waals surface area contributed by atoms with Gasteiger partial charge in [0.1, 0.15) is 18.0 Å². The highest BCUT2D eigenvalue weighted by atomic mass is 16.5. The number of rotatable bonds is 5. The Morgan fingerprint density at radius 2 is 1.89 bits per heavy atom. The molecule has 102 valence electrons. The fourth-order valence-electron chi connectivity index (χ4n) is 2.49. The van der Waals surface area contributed by atoms with Crippen molar-refractivity contribution < 1.29 is 14.6 Å². The standard InChI is InChI=1S/C16H20O3/c1-2-12-19-14-8-6-13(7-9-14)15(17)16(18)10-4-3-5-11-16/h2,6-9,18H,1,3-5,10-12H2. The van der Waals surface area contributed by atoms with Crippen LogP contribution in [0.25, 0.3) is 0 Å². The highest BCUT2D eigenvalue weighted by Crippen LogP contribution is 2.31. The molecule has 1 N–H and O–H groups in total. The summed E-state index contributed by atoms with van der Waals surface area (Å²) < 4.78 is 5.37. The molecule has 3 heteroatoms. The molecule has 19 heavy (non-hydrogen) atoms. The van der Waals surface area contributed by atoms with Gasteiger partial charge in [-0.1, -0.05) is 31.9 Å². The van der Waals surface area contributed by atoms with E-state index in [0.29, 0.717) is 30.8 Å². The molecule has 0 radical (unpaired) electrons. The van der Waals surface area contributed by atoms with Crippen LogP contribution in [0.2, 0.25) is 0 Å². The lowest BCUT2D eigenvalue weighted by Gasteiger charge is -2.30. The van der Waals surface area contributed by atoms with Crippen LogP contribution in [-0.4, -0.2) is 23.1 Å². The number of Topliss-reactive ketones (excluding diaryl/α,β-unsaturated/α-hetero) is 1. The predicted octanol–water partition coefficient (Wildman–Crippen LogP) is 3.13. The van der Waals surface area contributed by atoms with Gasteiger partial charge >= 0.3 is 0 Å². The predicted molar refractivity (Wildman–Crippen MR) is 74.5 cm³/mol. The lowest BCUT2D eigenvalue weighted by molar-refractivity contribution is 0.0116. The largest absolute Gasteiger partial charge is 0.490 e. The molecule has 1 aliphatic rings. The van der Waals surface area contributed by atoms with Gasteiger partial charge in [-0.05, 0) is 37.1 Å². The lowest BCUT2D eigenvalue weighted by atomic mass is 9.79. The summed E-state index contributed by atoms with van der Waals surface area (Å²) in [6.45, 7) is 4.02. The maximum atomic E-state index is 12.3. The molecule has 1 saturated carbocycles. The van der Waals surface area contributed by atoms with Crippen LogP contribution >= 0.6 is 0 Å². The molecule has 1 aliphatic carbocycles.